The summed E-state index contributed by atoms with van der Waals surface area (Å²) in [5, 5.41) is 3.43. The molecule has 1 aliphatic heterocycles. The van der Waals surface area contributed by atoms with Crippen molar-refractivity contribution in [1.29, 1.82) is 0 Å². The normalized spacial score (nSPS) is 18.7. The van der Waals surface area contributed by atoms with Gasteiger partial charge >= 0.3 is 0 Å². The molecule has 2 atom stereocenters. The fourth-order valence-electron chi connectivity index (χ4n) is 3.01. The zero-order valence-corrected chi connectivity index (χ0v) is 13.8. The van der Waals surface area contributed by atoms with Crippen LogP contribution >= 0.6 is 0 Å². The fourth-order valence-corrected chi connectivity index (χ4v) is 3.01. The second kappa shape index (κ2) is 7.01. The molecule has 0 radical (unpaired) electrons. The number of halogens is 1. The monoisotopic (exact) mass is 328 g/mol. The molecule has 2 aromatic carbocycles. The molecule has 0 aliphatic carbocycles. The summed E-state index contributed by atoms with van der Waals surface area (Å²) in [6.45, 7) is 0.745. The second-order valence-corrected chi connectivity index (χ2v) is 6.03. The number of nitrogens with one attached hydrogen (secondary N) is 1. The van der Waals surface area contributed by atoms with Crippen molar-refractivity contribution in [2.75, 3.05) is 20.7 Å². The van der Waals surface area contributed by atoms with Gasteiger partial charge in [-0.05, 0) is 41.8 Å². The van der Waals surface area contributed by atoms with E-state index in [1.54, 1.807) is 24.1 Å². The molecule has 24 heavy (non-hydrogen) atoms. The number of hydrogen-bond donors (Lipinski definition) is 1. The Kier molecular flexibility index (Phi) is 4.81. The molecule has 1 aliphatic rings. The van der Waals surface area contributed by atoms with Crippen LogP contribution in [0.3, 0.4) is 0 Å². The molecule has 0 bridgehead atoms. The van der Waals surface area contributed by atoms with E-state index in [1.807, 2.05) is 31.3 Å². The Hall–Kier alpha value is -2.40. The summed E-state index contributed by atoms with van der Waals surface area (Å²) < 4.78 is 18.5. The number of methoxy groups -OCH3 is 1. The molecule has 0 saturated carbocycles. The maximum absolute atomic E-state index is 13.3. The minimum atomic E-state index is -0.274. The number of rotatable bonds is 5. The maximum atomic E-state index is 13.3. The predicted octanol–water partition coefficient (Wildman–Crippen LogP) is 2.74. The Morgan fingerprint density at radius 3 is 2.21 bits per heavy atom. The molecule has 126 valence electrons. The summed E-state index contributed by atoms with van der Waals surface area (Å²) in [5.41, 5.74) is 1.92. The number of likely N-dealkylation sites (tertiary alicyclic amines) is 1. The summed E-state index contributed by atoms with van der Waals surface area (Å²) >= 11 is 0. The Morgan fingerprint density at radius 2 is 1.71 bits per heavy atom. The van der Waals surface area contributed by atoms with E-state index in [2.05, 4.69) is 5.32 Å². The van der Waals surface area contributed by atoms with Crippen LogP contribution in [0.15, 0.2) is 48.5 Å². The Bertz CT molecular complexity index is 700. The van der Waals surface area contributed by atoms with Gasteiger partial charge in [-0.25, -0.2) is 4.39 Å². The average Bonchev–Trinajstić information content (AvgIpc) is 2.93. The van der Waals surface area contributed by atoms with Gasteiger partial charge in [-0.1, -0.05) is 24.3 Å². The first-order chi connectivity index (χ1) is 11.6. The highest BCUT2D eigenvalue weighted by atomic mass is 19.1. The maximum Gasteiger partial charge on any atom is 0.239 e. The van der Waals surface area contributed by atoms with Crippen LogP contribution in [0.25, 0.3) is 0 Å². The van der Waals surface area contributed by atoms with Gasteiger partial charge in [0, 0.05) is 13.6 Å². The molecule has 5 heteroatoms. The quantitative estimate of drug-likeness (QED) is 0.918. The number of amides is 1. The van der Waals surface area contributed by atoms with E-state index in [9.17, 15) is 9.18 Å². The number of benzene rings is 2. The summed E-state index contributed by atoms with van der Waals surface area (Å²) in [5.74, 6) is 0.591. The lowest BCUT2D eigenvalue weighted by Gasteiger charge is -2.23. The van der Waals surface area contributed by atoms with E-state index in [0.717, 1.165) is 29.8 Å². The van der Waals surface area contributed by atoms with Gasteiger partial charge in [-0.15, -0.1) is 0 Å². The van der Waals surface area contributed by atoms with Gasteiger partial charge < -0.3 is 9.64 Å². The van der Waals surface area contributed by atoms with Crippen molar-refractivity contribution in [2.24, 2.45) is 0 Å². The van der Waals surface area contributed by atoms with Gasteiger partial charge in [0.1, 0.15) is 11.6 Å². The van der Waals surface area contributed by atoms with E-state index < -0.39 is 0 Å². The molecule has 4 nitrogen and oxygen atoms in total. The van der Waals surface area contributed by atoms with Gasteiger partial charge in [-0.3, -0.25) is 10.1 Å². The molecule has 0 aromatic heterocycles. The topological polar surface area (TPSA) is 41.6 Å². The van der Waals surface area contributed by atoms with Crippen molar-refractivity contribution >= 4 is 5.91 Å². The fraction of sp³-hybridized carbons (Fsp3) is 0.316. The third kappa shape index (κ3) is 3.41. The van der Waals surface area contributed by atoms with Crippen molar-refractivity contribution in [3.05, 3.63) is 65.5 Å². The Labute approximate surface area is 141 Å². The molecule has 1 saturated heterocycles. The number of likely N-dealkylation sites (N-methyl/N-ethyl adjacent to an activating group) is 1. The summed E-state index contributed by atoms with van der Waals surface area (Å²) in [7, 11) is 3.43. The van der Waals surface area contributed by atoms with Crippen LogP contribution in [0.1, 0.15) is 23.6 Å². The number of hydrogen-bond acceptors (Lipinski definition) is 3. The van der Waals surface area contributed by atoms with Crippen LogP contribution in [0.2, 0.25) is 0 Å². The highest BCUT2D eigenvalue weighted by Crippen LogP contribution is 2.26. The lowest BCUT2D eigenvalue weighted by molar-refractivity contribution is -0.128. The second-order valence-electron chi connectivity index (χ2n) is 6.03. The number of nitrogens with zero attached hydrogens (tertiary/aromatic N) is 1. The lowest BCUT2D eigenvalue weighted by atomic mass is 9.97. The first kappa shape index (κ1) is 16.5. The van der Waals surface area contributed by atoms with Crippen molar-refractivity contribution in [3.8, 4) is 5.75 Å². The van der Waals surface area contributed by atoms with E-state index in [1.165, 1.54) is 12.1 Å². The largest absolute Gasteiger partial charge is 0.497 e. The predicted molar refractivity (Wildman–Crippen MR) is 90.4 cm³/mol. The number of carbonyl (C=O) groups is 1. The molecule has 0 spiro atoms. The summed E-state index contributed by atoms with van der Waals surface area (Å²) in [6, 6.07) is 13.7. The van der Waals surface area contributed by atoms with Crippen molar-refractivity contribution in [3.63, 3.8) is 0 Å². The smallest absolute Gasteiger partial charge is 0.239 e. The number of carbonyl (C=O) groups excluding carboxylic acids is 1. The lowest BCUT2D eigenvalue weighted by Crippen LogP contribution is -2.39. The molecule has 1 amide bonds. The molecule has 1 fully saturated rings. The van der Waals surface area contributed by atoms with Crippen LogP contribution in [0.5, 0.6) is 5.75 Å². The van der Waals surface area contributed by atoms with Gasteiger partial charge in [0.05, 0.1) is 19.2 Å². The molecule has 0 unspecified atom stereocenters. The third-order valence-electron chi connectivity index (χ3n) is 4.45. The van der Waals surface area contributed by atoms with E-state index >= 15 is 0 Å². The third-order valence-corrected chi connectivity index (χ3v) is 4.45. The van der Waals surface area contributed by atoms with Crippen LogP contribution in [-0.2, 0) is 4.79 Å². The standard InChI is InChI=1S/C19H21FN2O2/c1-22-12-11-17(19(22)23)21-18(13-3-7-15(20)8-4-13)14-5-9-16(24-2)10-6-14/h3-10,17-18,21H,11-12H2,1-2H3/t17-,18-/m0/s1. The molecule has 3 rings (SSSR count). The van der Waals surface area contributed by atoms with Crippen LogP contribution in [0.4, 0.5) is 4.39 Å². The number of ether oxygens (including phenoxy) is 1. The molecular weight excluding hydrogens is 307 g/mol. The Morgan fingerprint density at radius 1 is 1.12 bits per heavy atom. The van der Waals surface area contributed by atoms with Gasteiger partial charge in [-0.2, -0.15) is 0 Å². The first-order valence-electron chi connectivity index (χ1n) is 7.99. The minimum absolute atomic E-state index is 0.0932. The van der Waals surface area contributed by atoms with E-state index in [-0.39, 0.29) is 23.8 Å². The van der Waals surface area contributed by atoms with E-state index in [4.69, 9.17) is 4.74 Å². The molecule has 2 aromatic rings. The Balaban J connectivity index is 1.90. The summed E-state index contributed by atoms with van der Waals surface area (Å²) in [4.78, 5) is 14.0. The van der Waals surface area contributed by atoms with E-state index in [0.29, 0.717) is 0 Å². The first-order valence-corrected chi connectivity index (χ1v) is 7.99. The highest BCUT2D eigenvalue weighted by Gasteiger charge is 2.31. The van der Waals surface area contributed by atoms with Crippen molar-refractivity contribution in [2.45, 2.75) is 18.5 Å². The van der Waals surface area contributed by atoms with Gasteiger partial charge in [0.2, 0.25) is 5.91 Å². The van der Waals surface area contributed by atoms with Crippen LogP contribution in [0, 0.1) is 5.82 Å². The minimum Gasteiger partial charge on any atom is -0.497 e. The highest BCUT2D eigenvalue weighted by molar-refractivity contribution is 5.83. The van der Waals surface area contributed by atoms with Gasteiger partial charge in [0.15, 0.2) is 0 Å². The SMILES string of the molecule is COc1ccc([C@@H](N[C@H]2CCN(C)C2=O)c2ccc(F)cc2)cc1. The van der Waals surface area contributed by atoms with Crippen molar-refractivity contribution in [1.82, 2.24) is 10.2 Å². The van der Waals surface area contributed by atoms with Gasteiger partial charge in [0.25, 0.3) is 0 Å². The van der Waals surface area contributed by atoms with Crippen LogP contribution in [-0.4, -0.2) is 37.6 Å². The zero-order valence-electron chi connectivity index (χ0n) is 13.8. The van der Waals surface area contributed by atoms with Crippen molar-refractivity contribution < 1.29 is 13.9 Å². The molecule has 1 N–H and O–H groups in total. The van der Waals surface area contributed by atoms with Crippen LogP contribution < -0.4 is 10.1 Å². The zero-order chi connectivity index (χ0) is 17.1. The average molecular weight is 328 g/mol. The summed E-state index contributed by atoms with van der Waals surface area (Å²) in [6.07, 6.45) is 0.767. The molecule has 1 heterocycles. The molecular formula is C19H21FN2O2.